The normalized spacial score (nSPS) is 13.7. The van der Waals surface area contributed by atoms with E-state index in [4.69, 9.17) is 10.3 Å². The number of fused-ring (bicyclic) bond motifs is 1. The number of halogens is 1. The summed E-state index contributed by atoms with van der Waals surface area (Å²) in [7, 11) is 0. The van der Waals surface area contributed by atoms with Crippen molar-refractivity contribution in [3.05, 3.63) is 65.3 Å². The number of nitrogens with zero attached hydrogens (tertiary/aromatic N) is 3. The lowest BCUT2D eigenvalue weighted by molar-refractivity contribution is 0.381. The highest BCUT2D eigenvalue weighted by Crippen LogP contribution is 2.24. The molecule has 0 atom stereocenters. The van der Waals surface area contributed by atoms with Crippen LogP contribution in [0.2, 0.25) is 0 Å². The third-order valence-corrected chi connectivity index (χ3v) is 4.31. The minimum atomic E-state index is -0.352. The molecule has 0 unspecified atom stereocenters. The second-order valence-corrected chi connectivity index (χ2v) is 6.19. The maximum Gasteiger partial charge on any atom is 0.248 e. The molecule has 1 aromatic heterocycles. The van der Waals surface area contributed by atoms with Gasteiger partial charge in [-0.25, -0.2) is 9.38 Å². The topological polar surface area (TPSA) is 89.3 Å². The second-order valence-electron chi connectivity index (χ2n) is 6.19. The van der Waals surface area contributed by atoms with E-state index in [1.165, 1.54) is 29.7 Å². The number of nitrogens with one attached hydrogen (secondary N) is 1. The van der Waals surface area contributed by atoms with Crippen molar-refractivity contribution in [2.45, 2.75) is 25.8 Å². The number of hydrogen-bond donors (Lipinski definition) is 2. The van der Waals surface area contributed by atoms with Crippen molar-refractivity contribution in [2.24, 2.45) is 10.7 Å². The zero-order valence-corrected chi connectivity index (χ0v) is 14.1. The predicted octanol–water partition coefficient (Wildman–Crippen LogP) is 3.29. The standard InChI is InChI=1S/C19H18FN5O/c20-15-6-2-5-14(9-15)18-24-17(26-25-18)11-22-19(21)23-16-8-7-12-3-1-4-13(12)10-16/h2,5-10H,1,3-4,11H2,(H3,21,22,23). The van der Waals surface area contributed by atoms with Crippen LogP contribution >= 0.6 is 0 Å². The fourth-order valence-corrected chi connectivity index (χ4v) is 3.05. The van der Waals surface area contributed by atoms with Crippen LogP contribution in [0.1, 0.15) is 23.4 Å². The zero-order chi connectivity index (χ0) is 17.9. The summed E-state index contributed by atoms with van der Waals surface area (Å²) >= 11 is 0. The van der Waals surface area contributed by atoms with Gasteiger partial charge in [-0.3, -0.25) is 0 Å². The van der Waals surface area contributed by atoms with Crippen LogP contribution in [0, 0.1) is 5.82 Å². The van der Waals surface area contributed by atoms with Crippen LogP contribution in [0.4, 0.5) is 10.1 Å². The average Bonchev–Trinajstić information content (AvgIpc) is 3.29. The van der Waals surface area contributed by atoms with Crippen molar-refractivity contribution in [1.29, 1.82) is 0 Å². The number of nitrogens with two attached hydrogens (primary N) is 1. The SMILES string of the molecule is NC(=NCc1nc(-c2cccc(F)c2)no1)Nc1ccc2c(c1)CCC2. The van der Waals surface area contributed by atoms with Gasteiger partial charge in [0.25, 0.3) is 0 Å². The number of hydrogen-bond acceptors (Lipinski definition) is 4. The number of aryl methyl sites for hydroxylation is 2. The lowest BCUT2D eigenvalue weighted by atomic mass is 10.1. The number of aliphatic imine (C=N–C) groups is 1. The summed E-state index contributed by atoms with van der Waals surface area (Å²) in [6, 6.07) is 12.3. The quantitative estimate of drug-likeness (QED) is 0.556. The molecule has 7 heteroatoms. The van der Waals surface area contributed by atoms with E-state index in [1.807, 2.05) is 6.07 Å². The van der Waals surface area contributed by atoms with Crippen LogP contribution in [0.25, 0.3) is 11.4 Å². The van der Waals surface area contributed by atoms with Gasteiger partial charge in [0, 0.05) is 11.3 Å². The van der Waals surface area contributed by atoms with Crippen LogP contribution in [0.5, 0.6) is 0 Å². The van der Waals surface area contributed by atoms with Gasteiger partial charge in [0.1, 0.15) is 12.4 Å². The van der Waals surface area contributed by atoms with Crippen molar-refractivity contribution in [3.8, 4) is 11.4 Å². The maximum atomic E-state index is 13.3. The molecule has 2 aromatic carbocycles. The molecule has 0 aliphatic heterocycles. The van der Waals surface area contributed by atoms with E-state index >= 15 is 0 Å². The second kappa shape index (κ2) is 6.95. The Hall–Kier alpha value is -3.22. The van der Waals surface area contributed by atoms with Crippen LogP contribution in [-0.2, 0) is 19.4 Å². The average molecular weight is 351 g/mol. The van der Waals surface area contributed by atoms with Gasteiger partial charge in [0.05, 0.1) is 0 Å². The molecule has 0 saturated heterocycles. The molecule has 0 amide bonds. The molecule has 0 saturated carbocycles. The summed E-state index contributed by atoms with van der Waals surface area (Å²) in [5.74, 6) is 0.547. The summed E-state index contributed by atoms with van der Waals surface area (Å²) in [4.78, 5) is 8.43. The molecule has 6 nitrogen and oxygen atoms in total. The first-order valence-corrected chi connectivity index (χ1v) is 8.45. The Morgan fingerprint density at radius 2 is 2.08 bits per heavy atom. The smallest absolute Gasteiger partial charge is 0.248 e. The zero-order valence-electron chi connectivity index (χ0n) is 14.1. The predicted molar refractivity (Wildman–Crippen MR) is 97.1 cm³/mol. The molecular weight excluding hydrogens is 333 g/mol. The van der Waals surface area contributed by atoms with E-state index < -0.39 is 0 Å². The molecule has 1 aliphatic carbocycles. The van der Waals surface area contributed by atoms with Gasteiger partial charge >= 0.3 is 0 Å². The van der Waals surface area contributed by atoms with Crippen molar-refractivity contribution >= 4 is 11.6 Å². The number of guanidine groups is 1. The van der Waals surface area contributed by atoms with Gasteiger partial charge in [-0.1, -0.05) is 23.4 Å². The number of rotatable bonds is 4. The van der Waals surface area contributed by atoms with E-state index in [0.29, 0.717) is 17.3 Å². The molecule has 3 N–H and O–H groups in total. The van der Waals surface area contributed by atoms with Crippen LogP contribution in [-0.4, -0.2) is 16.1 Å². The molecule has 0 fully saturated rings. The van der Waals surface area contributed by atoms with Gasteiger partial charge in [-0.05, 0) is 54.7 Å². The summed E-state index contributed by atoms with van der Waals surface area (Å²) in [5.41, 5.74) is 10.2. The van der Waals surface area contributed by atoms with Crippen molar-refractivity contribution < 1.29 is 8.91 Å². The van der Waals surface area contributed by atoms with Gasteiger partial charge in [-0.2, -0.15) is 4.98 Å². The van der Waals surface area contributed by atoms with E-state index in [9.17, 15) is 4.39 Å². The third-order valence-electron chi connectivity index (χ3n) is 4.31. The molecule has 1 heterocycles. The molecule has 0 bridgehead atoms. The Morgan fingerprint density at radius 1 is 1.19 bits per heavy atom. The first kappa shape index (κ1) is 16.3. The van der Waals surface area contributed by atoms with Crippen LogP contribution in [0.3, 0.4) is 0 Å². The van der Waals surface area contributed by atoms with E-state index in [-0.39, 0.29) is 18.3 Å². The van der Waals surface area contributed by atoms with Crippen molar-refractivity contribution in [2.75, 3.05) is 5.32 Å². The van der Waals surface area contributed by atoms with E-state index in [0.717, 1.165) is 18.5 Å². The highest BCUT2D eigenvalue weighted by molar-refractivity contribution is 5.92. The fourth-order valence-electron chi connectivity index (χ4n) is 3.05. The highest BCUT2D eigenvalue weighted by atomic mass is 19.1. The van der Waals surface area contributed by atoms with Gasteiger partial charge in [0.2, 0.25) is 11.7 Å². The fraction of sp³-hybridized carbons (Fsp3) is 0.211. The Labute approximate surface area is 150 Å². The largest absolute Gasteiger partial charge is 0.370 e. The monoisotopic (exact) mass is 351 g/mol. The lowest BCUT2D eigenvalue weighted by Crippen LogP contribution is -2.22. The molecule has 0 radical (unpaired) electrons. The maximum absolute atomic E-state index is 13.3. The summed E-state index contributed by atoms with van der Waals surface area (Å²) in [6.45, 7) is 0.145. The molecule has 26 heavy (non-hydrogen) atoms. The summed E-state index contributed by atoms with van der Waals surface area (Å²) in [6.07, 6.45) is 3.45. The van der Waals surface area contributed by atoms with Gasteiger partial charge in [-0.15, -0.1) is 0 Å². The van der Waals surface area contributed by atoms with E-state index in [1.54, 1.807) is 12.1 Å². The Bertz CT molecular complexity index is 966. The van der Waals surface area contributed by atoms with E-state index in [2.05, 4.69) is 32.6 Å². The van der Waals surface area contributed by atoms with Crippen molar-refractivity contribution in [3.63, 3.8) is 0 Å². The van der Waals surface area contributed by atoms with Gasteiger partial charge in [0.15, 0.2) is 5.96 Å². The molecular formula is C19H18FN5O. The summed E-state index contributed by atoms with van der Waals surface area (Å²) < 4.78 is 18.4. The minimum absolute atomic E-state index is 0.145. The molecule has 1 aliphatic rings. The Kier molecular flexibility index (Phi) is 4.35. The van der Waals surface area contributed by atoms with Crippen molar-refractivity contribution in [1.82, 2.24) is 10.1 Å². The Balaban J connectivity index is 1.41. The van der Waals surface area contributed by atoms with Crippen LogP contribution in [0.15, 0.2) is 52.0 Å². The summed E-state index contributed by atoms with van der Waals surface area (Å²) in [5, 5.41) is 6.92. The van der Waals surface area contributed by atoms with Crippen LogP contribution < -0.4 is 11.1 Å². The lowest BCUT2D eigenvalue weighted by Gasteiger charge is -2.07. The third kappa shape index (κ3) is 3.56. The Morgan fingerprint density at radius 3 is 2.96 bits per heavy atom. The first-order chi connectivity index (χ1) is 12.7. The highest BCUT2D eigenvalue weighted by Gasteiger charge is 2.11. The number of anilines is 1. The number of benzene rings is 2. The first-order valence-electron chi connectivity index (χ1n) is 8.45. The number of aromatic nitrogens is 2. The molecule has 0 spiro atoms. The molecule has 3 aromatic rings. The van der Waals surface area contributed by atoms with Gasteiger partial charge < -0.3 is 15.6 Å². The molecule has 4 rings (SSSR count). The molecule has 132 valence electrons. The minimum Gasteiger partial charge on any atom is -0.370 e.